The smallest absolute Gasteiger partial charge is 0.261 e. The maximum Gasteiger partial charge on any atom is 0.261 e. The van der Waals surface area contributed by atoms with Crippen LogP contribution in [0.25, 0.3) is 0 Å². The fourth-order valence-electron chi connectivity index (χ4n) is 1.07. The molecule has 4 nitrogen and oxygen atoms in total. The lowest BCUT2D eigenvalue weighted by atomic mass is 10.3. The number of ether oxygens (including phenoxy) is 1. The highest BCUT2D eigenvalue weighted by molar-refractivity contribution is 7.80. The second-order valence-corrected chi connectivity index (χ2v) is 3.63. The first-order chi connectivity index (χ1) is 8.09. The number of hydrogen-bond donors (Lipinski definition) is 2. The molecule has 1 heterocycles. The second-order valence-electron chi connectivity index (χ2n) is 3.19. The highest BCUT2D eigenvalue weighted by Gasteiger charge is 2.01. The molecule has 0 amide bonds. The molecular formula is C10H13F2N3OS. The van der Waals surface area contributed by atoms with Crippen LogP contribution < -0.4 is 11.1 Å². The fourth-order valence-corrected chi connectivity index (χ4v) is 1.19. The van der Waals surface area contributed by atoms with Gasteiger partial charge in [-0.2, -0.15) is 0 Å². The highest BCUT2D eigenvalue weighted by Crippen LogP contribution is 2.04. The van der Waals surface area contributed by atoms with Crippen LogP contribution in [0.4, 0.5) is 14.6 Å². The first-order valence-electron chi connectivity index (χ1n) is 4.95. The van der Waals surface area contributed by atoms with E-state index in [1.807, 2.05) is 0 Å². The van der Waals surface area contributed by atoms with Crippen LogP contribution in [0.15, 0.2) is 18.3 Å². The molecule has 0 spiro atoms. The van der Waals surface area contributed by atoms with Gasteiger partial charge in [0.25, 0.3) is 6.43 Å². The van der Waals surface area contributed by atoms with Crippen LogP contribution in [0.5, 0.6) is 0 Å². The number of nitrogens with two attached hydrogens (primary N) is 1. The zero-order valence-electron chi connectivity index (χ0n) is 9.03. The Hall–Kier alpha value is -1.34. The Morgan fingerprint density at radius 2 is 2.29 bits per heavy atom. The minimum atomic E-state index is -2.43. The number of thiocarbonyl (C=S) groups is 1. The number of nitrogens with zero attached hydrogens (tertiary/aromatic N) is 1. The van der Waals surface area contributed by atoms with Crippen molar-refractivity contribution in [2.45, 2.75) is 6.43 Å². The molecular weight excluding hydrogens is 248 g/mol. The van der Waals surface area contributed by atoms with Gasteiger partial charge in [0, 0.05) is 18.3 Å². The lowest BCUT2D eigenvalue weighted by Gasteiger charge is -2.06. The maximum atomic E-state index is 11.7. The quantitative estimate of drug-likeness (QED) is 0.574. The Balaban J connectivity index is 2.25. The Kier molecular flexibility index (Phi) is 5.71. The van der Waals surface area contributed by atoms with E-state index in [9.17, 15) is 8.78 Å². The van der Waals surface area contributed by atoms with Crippen molar-refractivity contribution in [3.63, 3.8) is 0 Å². The predicted molar refractivity (Wildman–Crippen MR) is 65.4 cm³/mol. The normalized spacial score (nSPS) is 10.5. The summed E-state index contributed by atoms with van der Waals surface area (Å²) in [5.74, 6) is 0.616. The highest BCUT2D eigenvalue weighted by atomic mass is 32.1. The maximum absolute atomic E-state index is 11.7. The van der Waals surface area contributed by atoms with Gasteiger partial charge in [-0.25, -0.2) is 13.8 Å². The Morgan fingerprint density at radius 3 is 2.82 bits per heavy atom. The van der Waals surface area contributed by atoms with E-state index in [2.05, 4.69) is 10.3 Å². The minimum absolute atomic E-state index is 0.197. The van der Waals surface area contributed by atoms with Crippen molar-refractivity contribution in [2.24, 2.45) is 5.73 Å². The van der Waals surface area contributed by atoms with Gasteiger partial charge in [-0.3, -0.25) is 0 Å². The Bertz CT molecular complexity index is 359. The zero-order valence-corrected chi connectivity index (χ0v) is 9.84. The lowest BCUT2D eigenvalue weighted by molar-refractivity contribution is 0.0215. The van der Waals surface area contributed by atoms with Gasteiger partial charge in [0.05, 0.1) is 6.61 Å². The van der Waals surface area contributed by atoms with Gasteiger partial charge in [0.1, 0.15) is 17.4 Å². The van der Waals surface area contributed by atoms with E-state index >= 15 is 0 Å². The zero-order chi connectivity index (χ0) is 12.7. The molecule has 17 heavy (non-hydrogen) atoms. The molecule has 0 aliphatic carbocycles. The van der Waals surface area contributed by atoms with Gasteiger partial charge in [-0.05, 0) is 12.1 Å². The average molecular weight is 261 g/mol. The second kappa shape index (κ2) is 7.08. The van der Waals surface area contributed by atoms with E-state index in [4.69, 9.17) is 22.7 Å². The van der Waals surface area contributed by atoms with Crippen molar-refractivity contribution in [3.05, 3.63) is 23.9 Å². The van der Waals surface area contributed by atoms with Crippen LogP contribution in [-0.2, 0) is 4.74 Å². The Labute approximate surface area is 103 Å². The number of aromatic nitrogens is 1. The summed E-state index contributed by atoms with van der Waals surface area (Å²) in [4.78, 5) is 4.33. The number of anilines is 1. The summed E-state index contributed by atoms with van der Waals surface area (Å²) in [7, 11) is 0. The van der Waals surface area contributed by atoms with Crippen LogP contribution >= 0.6 is 12.2 Å². The standard InChI is InChI=1S/C10H13F2N3OS/c11-8(12)6-16-4-3-14-9-2-1-7(5-15-9)10(13)17/h1-2,5,8H,3-4,6H2,(H2,13,17)(H,14,15). The molecule has 94 valence electrons. The van der Waals surface area contributed by atoms with Gasteiger partial charge in [-0.1, -0.05) is 12.2 Å². The van der Waals surface area contributed by atoms with Gasteiger partial charge in [-0.15, -0.1) is 0 Å². The van der Waals surface area contributed by atoms with Crippen molar-refractivity contribution >= 4 is 23.0 Å². The van der Waals surface area contributed by atoms with Crippen molar-refractivity contribution in [1.29, 1.82) is 0 Å². The third-order valence-electron chi connectivity index (χ3n) is 1.84. The number of alkyl halides is 2. The van der Waals surface area contributed by atoms with E-state index in [0.29, 0.717) is 17.9 Å². The van der Waals surface area contributed by atoms with Crippen LogP contribution in [0.2, 0.25) is 0 Å². The molecule has 0 aliphatic heterocycles. The molecule has 1 aromatic heterocycles. The van der Waals surface area contributed by atoms with E-state index in [1.54, 1.807) is 18.3 Å². The summed E-state index contributed by atoms with van der Waals surface area (Å²) >= 11 is 4.78. The van der Waals surface area contributed by atoms with Crippen molar-refractivity contribution in [2.75, 3.05) is 25.1 Å². The molecule has 7 heteroatoms. The molecule has 1 aromatic rings. The lowest BCUT2D eigenvalue weighted by Crippen LogP contribution is -2.14. The monoisotopic (exact) mass is 261 g/mol. The molecule has 3 N–H and O–H groups in total. The summed E-state index contributed by atoms with van der Waals surface area (Å²) in [5.41, 5.74) is 6.09. The first-order valence-corrected chi connectivity index (χ1v) is 5.36. The summed E-state index contributed by atoms with van der Waals surface area (Å²) in [6.07, 6.45) is -0.886. The minimum Gasteiger partial charge on any atom is -0.389 e. The van der Waals surface area contributed by atoms with Gasteiger partial charge < -0.3 is 15.8 Å². The molecule has 0 bridgehead atoms. The summed E-state index contributed by atoms with van der Waals surface area (Å²) < 4.78 is 28.1. The third-order valence-corrected chi connectivity index (χ3v) is 2.08. The van der Waals surface area contributed by atoms with E-state index in [1.165, 1.54) is 0 Å². The fraction of sp³-hybridized carbons (Fsp3) is 0.400. The SMILES string of the molecule is NC(=S)c1ccc(NCCOCC(F)F)nc1. The van der Waals surface area contributed by atoms with Crippen LogP contribution in [0.3, 0.4) is 0 Å². The van der Waals surface area contributed by atoms with Crippen molar-refractivity contribution in [1.82, 2.24) is 4.98 Å². The number of hydrogen-bond acceptors (Lipinski definition) is 4. The van der Waals surface area contributed by atoms with Crippen molar-refractivity contribution < 1.29 is 13.5 Å². The van der Waals surface area contributed by atoms with Gasteiger partial charge in [0.2, 0.25) is 0 Å². The summed E-state index contributed by atoms with van der Waals surface area (Å²) in [5, 5.41) is 2.92. The average Bonchev–Trinajstić information content (AvgIpc) is 2.29. The third kappa shape index (κ3) is 5.50. The van der Waals surface area contributed by atoms with Crippen LogP contribution in [0.1, 0.15) is 5.56 Å². The number of rotatable bonds is 7. The van der Waals surface area contributed by atoms with E-state index in [-0.39, 0.29) is 11.6 Å². The molecule has 0 saturated carbocycles. The topological polar surface area (TPSA) is 60.2 Å². The molecule has 0 fully saturated rings. The van der Waals surface area contributed by atoms with Gasteiger partial charge in [0.15, 0.2) is 0 Å². The molecule has 0 atom stereocenters. The Morgan fingerprint density at radius 1 is 1.53 bits per heavy atom. The molecule has 0 radical (unpaired) electrons. The molecule has 0 aliphatic rings. The summed E-state index contributed by atoms with van der Waals surface area (Å²) in [6.45, 7) is 0.0602. The number of halogens is 2. The van der Waals surface area contributed by atoms with Crippen LogP contribution in [-0.4, -0.2) is 36.2 Å². The molecule has 0 unspecified atom stereocenters. The first kappa shape index (κ1) is 13.7. The van der Waals surface area contributed by atoms with Crippen LogP contribution in [0, 0.1) is 0 Å². The number of pyridine rings is 1. The summed E-state index contributed by atoms with van der Waals surface area (Å²) in [6, 6.07) is 3.44. The predicted octanol–water partition coefficient (Wildman–Crippen LogP) is 1.41. The molecule has 0 saturated heterocycles. The van der Waals surface area contributed by atoms with Crippen molar-refractivity contribution in [3.8, 4) is 0 Å². The molecule has 0 aromatic carbocycles. The van der Waals surface area contributed by atoms with E-state index < -0.39 is 13.0 Å². The largest absolute Gasteiger partial charge is 0.389 e. The molecule has 1 rings (SSSR count). The number of nitrogens with one attached hydrogen (secondary N) is 1. The van der Waals surface area contributed by atoms with E-state index in [0.717, 1.165) is 0 Å². The van der Waals surface area contributed by atoms with Gasteiger partial charge >= 0.3 is 0 Å².